The predicted molar refractivity (Wildman–Crippen MR) is 112 cm³/mol. The van der Waals surface area contributed by atoms with Crippen LogP contribution in [0.25, 0.3) is 16.9 Å². The molecule has 5 rings (SSSR count). The second-order valence-electron chi connectivity index (χ2n) is 7.78. The van der Waals surface area contributed by atoms with Gasteiger partial charge in [0.15, 0.2) is 11.5 Å². The number of anilines is 2. The summed E-state index contributed by atoms with van der Waals surface area (Å²) in [7, 11) is 1.85. The van der Waals surface area contributed by atoms with Crippen LogP contribution in [0.2, 0.25) is 0 Å². The van der Waals surface area contributed by atoms with Gasteiger partial charge in [0.05, 0.1) is 11.9 Å². The molecule has 154 valence electrons. The van der Waals surface area contributed by atoms with Gasteiger partial charge in [-0.15, -0.1) is 10.2 Å². The van der Waals surface area contributed by atoms with Crippen LogP contribution in [0, 0.1) is 5.92 Å². The third-order valence-corrected chi connectivity index (χ3v) is 5.81. The van der Waals surface area contributed by atoms with E-state index in [2.05, 4.69) is 30.6 Å². The molecule has 0 aliphatic heterocycles. The van der Waals surface area contributed by atoms with Crippen LogP contribution in [0.3, 0.4) is 0 Å². The van der Waals surface area contributed by atoms with Gasteiger partial charge in [-0.1, -0.05) is 19.3 Å². The topological polar surface area (TPSA) is 106 Å². The Bertz CT molecular complexity index is 1160. The molecule has 1 fully saturated rings. The molecule has 0 unspecified atom stereocenters. The number of hydrogen-bond donors (Lipinski definition) is 2. The van der Waals surface area contributed by atoms with Crippen LogP contribution in [0.4, 0.5) is 11.8 Å². The average molecular weight is 404 g/mol. The minimum Gasteiger partial charge on any atom is -0.385 e. The highest BCUT2D eigenvalue weighted by Crippen LogP contribution is 2.34. The normalized spacial score (nSPS) is 16.1. The van der Waals surface area contributed by atoms with Gasteiger partial charge >= 0.3 is 0 Å². The Labute approximate surface area is 173 Å². The summed E-state index contributed by atoms with van der Waals surface area (Å²) >= 11 is 0. The van der Waals surface area contributed by atoms with Crippen molar-refractivity contribution in [3.63, 3.8) is 0 Å². The monoisotopic (exact) mass is 404 g/mol. The van der Waals surface area contributed by atoms with Crippen LogP contribution >= 0.6 is 0 Å². The van der Waals surface area contributed by atoms with E-state index in [1.54, 1.807) is 17.1 Å². The van der Waals surface area contributed by atoms with Gasteiger partial charge in [-0.3, -0.25) is 9.08 Å². The molecule has 1 aliphatic rings. The van der Waals surface area contributed by atoms with Crippen LogP contribution < -0.4 is 5.32 Å². The van der Waals surface area contributed by atoms with Crippen molar-refractivity contribution >= 4 is 17.4 Å². The maximum Gasteiger partial charge on any atom is 0.228 e. The van der Waals surface area contributed by atoms with Gasteiger partial charge in [0.25, 0.3) is 0 Å². The van der Waals surface area contributed by atoms with Gasteiger partial charge in [0.1, 0.15) is 11.9 Å². The zero-order chi connectivity index (χ0) is 20.5. The third kappa shape index (κ3) is 3.52. The van der Waals surface area contributed by atoms with Crippen molar-refractivity contribution in [2.75, 3.05) is 5.32 Å². The molecule has 0 aromatic carbocycles. The van der Waals surface area contributed by atoms with Crippen LogP contribution in [-0.4, -0.2) is 39.5 Å². The van der Waals surface area contributed by atoms with Crippen molar-refractivity contribution in [2.45, 2.75) is 38.2 Å². The molecule has 4 aromatic heterocycles. The van der Waals surface area contributed by atoms with E-state index in [4.69, 9.17) is 0 Å². The highest BCUT2D eigenvalue weighted by atomic mass is 16.3. The Morgan fingerprint density at radius 2 is 1.97 bits per heavy atom. The van der Waals surface area contributed by atoms with Crippen LogP contribution in [0.5, 0.6) is 0 Å². The standard InChI is InChI=1S/C21H24N8O/c1-28-17(8-11-23-28)25-21-22-10-7-16(24-21)15-9-12-29-18(13-15)26-27-20(29)19(30)14-5-3-2-4-6-14/h7-14,19,30H,2-6H2,1H3,(H,22,24,25)/t19-/m0/s1. The fourth-order valence-electron chi connectivity index (χ4n) is 4.12. The Morgan fingerprint density at radius 3 is 2.77 bits per heavy atom. The summed E-state index contributed by atoms with van der Waals surface area (Å²) in [5.41, 5.74) is 2.37. The van der Waals surface area contributed by atoms with Crippen molar-refractivity contribution in [1.29, 1.82) is 0 Å². The largest absolute Gasteiger partial charge is 0.385 e. The van der Waals surface area contributed by atoms with E-state index in [0.717, 1.165) is 29.9 Å². The summed E-state index contributed by atoms with van der Waals surface area (Å²) in [5, 5.41) is 26.7. The first-order valence-corrected chi connectivity index (χ1v) is 10.3. The zero-order valence-electron chi connectivity index (χ0n) is 16.8. The summed E-state index contributed by atoms with van der Waals surface area (Å²) < 4.78 is 3.59. The van der Waals surface area contributed by atoms with Crippen LogP contribution in [-0.2, 0) is 7.05 Å². The number of aliphatic hydroxyl groups is 1. The molecule has 30 heavy (non-hydrogen) atoms. The van der Waals surface area contributed by atoms with Gasteiger partial charge in [-0.2, -0.15) is 5.10 Å². The Kier molecular flexibility index (Phi) is 4.88. The SMILES string of the molecule is Cn1nccc1Nc1nccc(-c2ccn3c([C@@H](O)C4CCCCC4)nnc3c2)n1. The van der Waals surface area contributed by atoms with Crippen molar-refractivity contribution in [2.24, 2.45) is 13.0 Å². The quantitative estimate of drug-likeness (QED) is 0.526. The molecule has 1 aliphatic carbocycles. The summed E-state index contributed by atoms with van der Waals surface area (Å²) in [4.78, 5) is 8.90. The number of aromatic nitrogens is 7. The van der Waals surface area contributed by atoms with E-state index in [-0.39, 0.29) is 5.92 Å². The fraction of sp³-hybridized carbons (Fsp3) is 0.381. The second-order valence-corrected chi connectivity index (χ2v) is 7.78. The van der Waals surface area contributed by atoms with Crippen molar-refractivity contribution < 1.29 is 5.11 Å². The molecule has 0 spiro atoms. The molecule has 0 saturated heterocycles. The number of aliphatic hydroxyl groups excluding tert-OH is 1. The lowest BCUT2D eigenvalue weighted by Gasteiger charge is -2.25. The van der Waals surface area contributed by atoms with E-state index >= 15 is 0 Å². The Morgan fingerprint density at radius 1 is 1.10 bits per heavy atom. The lowest BCUT2D eigenvalue weighted by atomic mass is 9.85. The summed E-state index contributed by atoms with van der Waals surface area (Å²) in [6, 6.07) is 7.61. The molecule has 4 aromatic rings. The van der Waals surface area contributed by atoms with Gasteiger partial charge in [0.2, 0.25) is 5.95 Å². The minimum absolute atomic E-state index is 0.258. The molecule has 1 saturated carbocycles. The maximum absolute atomic E-state index is 10.8. The third-order valence-electron chi connectivity index (χ3n) is 5.81. The van der Waals surface area contributed by atoms with Gasteiger partial charge in [-0.05, 0) is 37.0 Å². The first-order valence-electron chi connectivity index (χ1n) is 10.3. The molecular weight excluding hydrogens is 380 g/mol. The van der Waals surface area contributed by atoms with Gasteiger partial charge < -0.3 is 10.4 Å². The second kappa shape index (κ2) is 7.83. The first-order chi connectivity index (χ1) is 14.7. The molecule has 2 N–H and O–H groups in total. The Hall–Kier alpha value is -3.33. The van der Waals surface area contributed by atoms with E-state index in [1.807, 2.05) is 41.9 Å². The first kappa shape index (κ1) is 18.7. The molecule has 0 amide bonds. The lowest BCUT2D eigenvalue weighted by molar-refractivity contribution is 0.0763. The average Bonchev–Trinajstić information content (AvgIpc) is 3.39. The highest BCUT2D eigenvalue weighted by Gasteiger charge is 2.27. The number of pyridine rings is 1. The fourth-order valence-corrected chi connectivity index (χ4v) is 4.12. The summed E-state index contributed by atoms with van der Waals surface area (Å²) in [5.74, 6) is 2.17. The molecule has 0 radical (unpaired) electrons. The van der Waals surface area contributed by atoms with Crippen LogP contribution in [0.15, 0.2) is 42.9 Å². The summed E-state index contributed by atoms with van der Waals surface area (Å²) in [6.45, 7) is 0. The number of aryl methyl sites for hydroxylation is 1. The number of nitrogens with zero attached hydrogens (tertiary/aromatic N) is 7. The van der Waals surface area contributed by atoms with Crippen LogP contribution in [0.1, 0.15) is 44.0 Å². The van der Waals surface area contributed by atoms with Crippen molar-refractivity contribution in [1.82, 2.24) is 34.3 Å². The zero-order valence-corrected chi connectivity index (χ0v) is 16.8. The molecular formula is C21H24N8O. The van der Waals surface area contributed by atoms with Gasteiger partial charge in [-0.25, -0.2) is 9.97 Å². The minimum atomic E-state index is -0.583. The van der Waals surface area contributed by atoms with E-state index in [9.17, 15) is 5.11 Å². The smallest absolute Gasteiger partial charge is 0.228 e. The summed E-state index contributed by atoms with van der Waals surface area (Å²) in [6.07, 6.45) is 10.4. The lowest BCUT2D eigenvalue weighted by Crippen LogP contribution is -2.18. The van der Waals surface area contributed by atoms with Crippen molar-refractivity contribution in [3.8, 4) is 11.3 Å². The molecule has 4 heterocycles. The number of nitrogens with one attached hydrogen (secondary N) is 1. The predicted octanol–water partition coefficient (Wildman–Crippen LogP) is 3.28. The number of hydrogen-bond acceptors (Lipinski definition) is 7. The Balaban J connectivity index is 1.42. The van der Waals surface area contributed by atoms with E-state index in [1.165, 1.54) is 19.3 Å². The highest BCUT2D eigenvalue weighted by molar-refractivity contribution is 5.65. The van der Waals surface area contributed by atoms with E-state index in [0.29, 0.717) is 17.4 Å². The molecule has 1 atom stereocenters. The van der Waals surface area contributed by atoms with E-state index < -0.39 is 6.10 Å². The van der Waals surface area contributed by atoms with Crippen molar-refractivity contribution in [3.05, 3.63) is 48.7 Å². The number of fused-ring (bicyclic) bond motifs is 1. The number of rotatable bonds is 5. The molecule has 0 bridgehead atoms. The maximum atomic E-state index is 10.8. The molecule has 9 nitrogen and oxygen atoms in total. The molecule has 9 heteroatoms. The van der Waals surface area contributed by atoms with Gasteiger partial charge in [0, 0.05) is 31.1 Å².